The average molecular weight is 225 g/mol. The molecule has 2 nitrogen and oxygen atoms in total. The number of morpholine rings is 1. The van der Waals surface area contributed by atoms with Crippen molar-refractivity contribution in [1.82, 2.24) is 5.32 Å². The van der Waals surface area contributed by atoms with E-state index in [9.17, 15) is 0 Å². The van der Waals surface area contributed by atoms with E-state index in [1.165, 1.54) is 25.7 Å². The summed E-state index contributed by atoms with van der Waals surface area (Å²) < 4.78 is 6.48. The van der Waals surface area contributed by atoms with E-state index in [2.05, 4.69) is 33.0 Å². The molecule has 0 aromatic carbocycles. The third-order valence-corrected chi connectivity index (χ3v) is 4.67. The van der Waals surface area contributed by atoms with Crippen molar-refractivity contribution in [1.29, 1.82) is 0 Å². The quantitative estimate of drug-likeness (QED) is 0.740. The fourth-order valence-electron chi connectivity index (χ4n) is 3.01. The first-order chi connectivity index (χ1) is 7.39. The Morgan fingerprint density at radius 3 is 2.19 bits per heavy atom. The molecule has 1 heterocycles. The van der Waals surface area contributed by atoms with E-state index < -0.39 is 0 Å². The van der Waals surface area contributed by atoms with Crippen LogP contribution in [-0.2, 0) is 4.74 Å². The summed E-state index contributed by atoms with van der Waals surface area (Å²) in [7, 11) is 0. The minimum atomic E-state index is 0.0553. The van der Waals surface area contributed by atoms with E-state index in [0.717, 1.165) is 19.5 Å². The lowest BCUT2D eigenvalue weighted by atomic mass is 9.70. The van der Waals surface area contributed by atoms with Crippen molar-refractivity contribution in [2.45, 2.75) is 71.0 Å². The van der Waals surface area contributed by atoms with Gasteiger partial charge in [-0.25, -0.2) is 0 Å². The molecule has 0 aromatic heterocycles. The molecule has 1 aliphatic heterocycles. The second-order valence-electron chi connectivity index (χ2n) is 6.86. The molecule has 1 saturated carbocycles. The highest BCUT2D eigenvalue weighted by atomic mass is 16.5. The van der Waals surface area contributed by atoms with Gasteiger partial charge in [-0.15, -0.1) is 0 Å². The van der Waals surface area contributed by atoms with Crippen molar-refractivity contribution in [2.75, 3.05) is 13.1 Å². The molecule has 1 aliphatic carbocycles. The Labute approximate surface area is 100 Å². The molecular weight excluding hydrogens is 198 g/mol. The smallest absolute Gasteiger partial charge is 0.0814 e. The van der Waals surface area contributed by atoms with Crippen LogP contribution in [0.25, 0.3) is 0 Å². The first kappa shape index (κ1) is 12.4. The number of nitrogens with one attached hydrogen (secondary N) is 1. The molecule has 94 valence electrons. The maximum absolute atomic E-state index is 6.48. The lowest BCUT2D eigenvalue weighted by Gasteiger charge is -2.51. The topological polar surface area (TPSA) is 21.3 Å². The van der Waals surface area contributed by atoms with Crippen LogP contribution in [0.4, 0.5) is 0 Å². The Morgan fingerprint density at radius 2 is 1.62 bits per heavy atom. The number of rotatable bonds is 1. The fraction of sp³-hybridized carbons (Fsp3) is 1.00. The van der Waals surface area contributed by atoms with Gasteiger partial charge < -0.3 is 10.1 Å². The second kappa shape index (κ2) is 3.99. The molecule has 2 aliphatic rings. The highest BCUT2D eigenvalue weighted by molar-refractivity contribution is 4.98. The molecule has 0 radical (unpaired) electrons. The first-order valence-electron chi connectivity index (χ1n) is 6.80. The van der Waals surface area contributed by atoms with Crippen LogP contribution in [0.15, 0.2) is 0 Å². The molecule has 0 amide bonds. The summed E-state index contributed by atoms with van der Waals surface area (Å²) in [5, 5.41) is 3.59. The number of ether oxygens (including phenoxy) is 1. The number of hydrogen-bond donors (Lipinski definition) is 1. The molecule has 0 bridgehead atoms. The van der Waals surface area contributed by atoms with Gasteiger partial charge in [0.2, 0.25) is 0 Å². The maximum Gasteiger partial charge on any atom is 0.0814 e. The van der Waals surface area contributed by atoms with Gasteiger partial charge in [0.25, 0.3) is 0 Å². The first-order valence-corrected chi connectivity index (χ1v) is 6.80. The van der Waals surface area contributed by atoms with E-state index in [4.69, 9.17) is 4.74 Å². The van der Waals surface area contributed by atoms with Crippen LogP contribution < -0.4 is 5.32 Å². The van der Waals surface area contributed by atoms with Gasteiger partial charge in [-0.1, -0.05) is 20.8 Å². The van der Waals surface area contributed by atoms with Gasteiger partial charge in [0.05, 0.1) is 11.2 Å². The normalized spacial score (nSPS) is 37.5. The molecule has 1 unspecified atom stereocenters. The zero-order chi connectivity index (χ0) is 11.9. The van der Waals surface area contributed by atoms with Crippen LogP contribution in [0.5, 0.6) is 0 Å². The Hall–Kier alpha value is -0.0800. The van der Waals surface area contributed by atoms with Crippen molar-refractivity contribution in [3.05, 3.63) is 0 Å². The van der Waals surface area contributed by atoms with Crippen LogP contribution in [0.3, 0.4) is 0 Å². The van der Waals surface area contributed by atoms with Crippen molar-refractivity contribution < 1.29 is 4.74 Å². The molecule has 1 saturated heterocycles. The molecule has 1 spiro atoms. The predicted octanol–water partition coefficient (Wildman–Crippen LogP) is 3.11. The zero-order valence-corrected chi connectivity index (χ0v) is 11.4. The van der Waals surface area contributed by atoms with E-state index in [1.807, 2.05) is 0 Å². The van der Waals surface area contributed by atoms with Crippen molar-refractivity contribution in [3.63, 3.8) is 0 Å². The van der Waals surface area contributed by atoms with Gasteiger partial charge in [-0.2, -0.15) is 0 Å². The largest absolute Gasteiger partial charge is 0.366 e. The van der Waals surface area contributed by atoms with Gasteiger partial charge in [-0.05, 0) is 44.4 Å². The second-order valence-corrected chi connectivity index (χ2v) is 6.86. The molecule has 1 N–H and O–H groups in total. The minimum Gasteiger partial charge on any atom is -0.366 e. The highest BCUT2D eigenvalue weighted by Crippen LogP contribution is 2.44. The van der Waals surface area contributed by atoms with Gasteiger partial charge >= 0.3 is 0 Å². The lowest BCUT2D eigenvalue weighted by molar-refractivity contribution is -0.192. The summed E-state index contributed by atoms with van der Waals surface area (Å²) >= 11 is 0. The van der Waals surface area contributed by atoms with E-state index >= 15 is 0 Å². The van der Waals surface area contributed by atoms with Gasteiger partial charge in [-0.3, -0.25) is 0 Å². The Balaban J connectivity index is 2.04. The SMILES string of the molecule is CCC1(C)CNCC2(CCC(C)(C)CC2)O1. The Bertz CT molecular complexity index is 251. The highest BCUT2D eigenvalue weighted by Gasteiger charge is 2.45. The maximum atomic E-state index is 6.48. The van der Waals surface area contributed by atoms with Crippen molar-refractivity contribution >= 4 is 0 Å². The van der Waals surface area contributed by atoms with Crippen molar-refractivity contribution in [2.24, 2.45) is 5.41 Å². The van der Waals surface area contributed by atoms with Gasteiger partial charge in [0.1, 0.15) is 0 Å². The van der Waals surface area contributed by atoms with Crippen LogP contribution in [-0.4, -0.2) is 24.3 Å². The van der Waals surface area contributed by atoms with Crippen LogP contribution in [0, 0.1) is 5.41 Å². The van der Waals surface area contributed by atoms with Crippen molar-refractivity contribution in [3.8, 4) is 0 Å². The Kier molecular flexibility index (Phi) is 3.09. The van der Waals surface area contributed by atoms with Crippen LogP contribution in [0.2, 0.25) is 0 Å². The van der Waals surface area contributed by atoms with E-state index in [-0.39, 0.29) is 11.2 Å². The molecule has 2 rings (SSSR count). The summed E-state index contributed by atoms with van der Waals surface area (Å²) in [4.78, 5) is 0. The third kappa shape index (κ3) is 2.43. The van der Waals surface area contributed by atoms with Gasteiger partial charge in [0, 0.05) is 13.1 Å². The van der Waals surface area contributed by atoms with E-state index in [0.29, 0.717) is 5.41 Å². The van der Waals surface area contributed by atoms with E-state index in [1.54, 1.807) is 0 Å². The third-order valence-electron chi connectivity index (χ3n) is 4.67. The van der Waals surface area contributed by atoms with Gasteiger partial charge in [0.15, 0.2) is 0 Å². The summed E-state index contributed by atoms with van der Waals surface area (Å²) in [6, 6.07) is 0. The zero-order valence-electron chi connectivity index (χ0n) is 11.4. The predicted molar refractivity (Wildman–Crippen MR) is 67.6 cm³/mol. The van der Waals surface area contributed by atoms with Crippen LogP contribution >= 0.6 is 0 Å². The standard InChI is InChI=1S/C14H27NO/c1-5-13(4)10-15-11-14(16-13)8-6-12(2,3)7-9-14/h15H,5-11H2,1-4H3. The summed E-state index contributed by atoms with van der Waals surface area (Å²) in [6.45, 7) is 11.3. The monoisotopic (exact) mass is 225 g/mol. The molecular formula is C14H27NO. The Morgan fingerprint density at radius 1 is 1.00 bits per heavy atom. The summed E-state index contributed by atoms with van der Waals surface area (Å²) in [5.74, 6) is 0. The summed E-state index contributed by atoms with van der Waals surface area (Å²) in [6.07, 6.45) is 6.15. The fourth-order valence-corrected chi connectivity index (χ4v) is 3.01. The molecule has 0 aromatic rings. The lowest BCUT2D eigenvalue weighted by Crippen LogP contribution is -2.60. The average Bonchev–Trinajstić information content (AvgIpc) is 2.24. The minimum absolute atomic E-state index is 0.0553. The molecule has 16 heavy (non-hydrogen) atoms. The number of hydrogen-bond acceptors (Lipinski definition) is 2. The van der Waals surface area contributed by atoms with Crippen LogP contribution in [0.1, 0.15) is 59.8 Å². The molecule has 1 atom stereocenters. The summed E-state index contributed by atoms with van der Waals surface area (Å²) in [5.41, 5.74) is 0.715. The molecule has 2 heteroatoms. The molecule has 2 fully saturated rings.